The first-order valence-electron chi connectivity index (χ1n) is 7.76. The summed E-state index contributed by atoms with van der Waals surface area (Å²) in [6.07, 6.45) is 2.00. The Morgan fingerprint density at radius 3 is 2.75 bits per heavy atom. The van der Waals surface area contributed by atoms with E-state index in [1.807, 2.05) is 5.38 Å². The Bertz CT molecular complexity index is 882. The molecule has 1 unspecified atom stereocenters. The quantitative estimate of drug-likeness (QED) is 0.824. The van der Waals surface area contributed by atoms with Crippen molar-refractivity contribution in [2.75, 3.05) is 18.8 Å². The van der Waals surface area contributed by atoms with Gasteiger partial charge in [-0.1, -0.05) is 0 Å². The first-order valence-corrected chi connectivity index (χ1v) is 8.71. The predicted molar refractivity (Wildman–Crippen MR) is 93.5 cm³/mol. The molecule has 0 spiro atoms. The highest BCUT2D eigenvalue weighted by atomic mass is 32.1. The topological polar surface area (TPSA) is 90.3 Å². The Labute approximate surface area is 142 Å². The maximum Gasteiger partial charge on any atom is 0.332 e. The molecule has 0 saturated carbocycles. The standard InChI is InChI=1S/C16H20N4O3S/c1-18-14(17)13(15(22)19(2)16(18)23)12(21)8-20-6-3-4-11(20)10-5-7-24-9-10/h5,7,9,11H,3-4,6,8,17H2,1-2H3. The molecular weight excluding hydrogens is 328 g/mol. The smallest absolute Gasteiger partial charge is 0.332 e. The third-order valence-electron chi connectivity index (χ3n) is 4.63. The second-order valence-electron chi connectivity index (χ2n) is 6.07. The van der Waals surface area contributed by atoms with Crippen LogP contribution in [0.2, 0.25) is 0 Å². The van der Waals surface area contributed by atoms with Crippen LogP contribution in [0.5, 0.6) is 0 Å². The molecule has 0 aromatic carbocycles. The van der Waals surface area contributed by atoms with Gasteiger partial charge in [0, 0.05) is 20.1 Å². The van der Waals surface area contributed by atoms with Crippen LogP contribution in [-0.4, -0.2) is 32.9 Å². The summed E-state index contributed by atoms with van der Waals surface area (Å²) in [5, 5.41) is 4.11. The summed E-state index contributed by atoms with van der Waals surface area (Å²) in [6, 6.07) is 2.26. The fraction of sp³-hybridized carbons (Fsp3) is 0.438. The predicted octanol–water partition coefficient (Wildman–Crippen LogP) is 0.747. The van der Waals surface area contributed by atoms with E-state index in [0.29, 0.717) is 0 Å². The van der Waals surface area contributed by atoms with Gasteiger partial charge in [0.15, 0.2) is 5.78 Å². The van der Waals surface area contributed by atoms with Crippen molar-refractivity contribution in [3.63, 3.8) is 0 Å². The molecule has 128 valence electrons. The maximum atomic E-state index is 12.7. The number of thiophene rings is 1. The SMILES string of the molecule is Cn1c(N)c(C(=O)CN2CCCC2c2ccsc2)c(=O)n(C)c1=O. The summed E-state index contributed by atoms with van der Waals surface area (Å²) in [6.45, 7) is 0.927. The maximum absolute atomic E-state index is 12.7. The van der Waals surface area contributed by atoms with Crippen molar-refractivity contribution in [1.82, 2.24) is 14.0 Å². The normalized spacial score (nSPS) is 18.2. The van der Waals surface area contributed by atoms with Crippen molar-refractivity contribution in [2.45, 2.75) is 18.9 Å². The second kappa shape index (κ2) is 6.37. The lowest BCUT2D eigenvalue weighted by Crippen LogP contribution is -2.43. The van der Waals surface area contributed by atoms with Crippen LogP contribution in [0.25, 0.3) is 0 Å². The number of rotatable bonds is 4. The molecule has 24 heavy (non-hydrogen) atoms. The molecule has 3 heterocycles. The number of nitrogens with zero attached hydrogens (tertiary/aromatic N) is 3. The molecular formula is C16H20N4O3S. The Balaban J connectivity index is 1.91. The van der Waals surface area contributed by atoms with E-state index in [4.69, 9.17) is 5.73 Å². The molecule has 0 amide bonds. The van der Waals surface area contributed by atoms with Gasteiger partial charge >= 0.3 is 5.69 Å². The van der Waals surface area contributed by atoms with Crippen LogP contribution in [0.1, 0.15) is 34.8 Å². The number of anilines is 1. The highest BCUT2D eigenvalue weighted by Crippen LogP contribution is 2.32. The number of Topliss-reactive ketones (excluding diaryl/α,β-unsaturated/α-hetero) is 1. The van der Waals surface area contributed by atoms with E-state index in [1.54, 1.807) is 11.3 Å². The number of hydrogen-bond acceptors (Lipinski definition) is 6. The molecule has 1 atom stereocenters. The van der Waals surface area contributed by atoms with Crippen LogP contribution in [0, 0.1) is 0 Å². The van der Waals surface area contributed by atoms with Crippen LogP contribution in [0.4, 0.5) is 5.82 Å². The highest BCUT2D eigenvalue weighted by molar-refractivity contribution is 7.07. The van der Waals surface area contributed by atoms with Crippen molar-refractivity contribution >= 4 is 22.9 Å². The number of carbonyl (C=O) groups excluding carboxylic acids is 1. The number of aromatic nitrogens is 2. The summed E-state index contributed by atoms with van der Waals surface area (Å²) in [7, 11) is 2.81. The van der Waals surface area contributed by atoms with Crippen LogP contribution in [0.15, 0.2) is 26.4 Å². The van der Waals surface area contributed by atoms with E-state index < -0.39 is 11.2 Å². The lowest BCUT2D eigenvalue weighted by molar-refractivity contribution is 0.0919. The Hall–Kier alpha value is -2.19. The van der Waals surface area contributed by atoms with Crippen molar-refractivity contribution in [3.05, 3.63) is 48.8 Å². The summed E-state index contributed by atoms with van der Waals surface area (Å²) < 4.78 is 2.05. The monoisotopic (exact) mass is 348 g/mol. The zero-order chi connectivity index (χ0) is 17.4. The lowest BCUT2D eigenvalue weighted by atomic mass is 10.1. The molecule has 7 nitrogen and oxygen atoms in total. The molecule has 2 N–H and O–H groups in total. The van der Waals surface area contributed by atoms with E-state index >= 15 is 0 Å². The fourth-order valence-electron chi connectivity index (χ4n) is 3.24. The minimum atomic E-state index is -0.633. The van der Waals surface area contributed by atoms with Gasteiger partial charge < -0.3 is 5.73 Å². The number of nitrogens with two attached hydrogens (primary N) is 1. The van der Waals surface area contributed by atoms with Crippen molar-refractivity contribution in [1.29, 1.82) is 0 Å². The van der Waals surface area contributed by atoms with Crippen LogP contribution in [0.3, 0.4) is 0 Å². The van der Waals surface area contributed by atoms with Gasteiger partial charge in [0.2, 0.25) is 0 Å². The van der Waals surface area contributed by atoms with Crippen molar-refractivity contribution in [3.8, 4) is 0 Å². The van der Waals surface area contributed by atoms with E-state index in [1.165, 1.54) is 19.7 Å². The molecule has 1 saturated heterocycles. The molecule has 1 aliphatic heterocycles. The van der Waals surface area contributed by atoms with Crippen LogP contribution >= 0.6 is 11.3 Å². The van der Waals surface area contributed by atoms with Gasteiger partial charge in [-0.3, -0.25) is 23.6 Å². The third-order valence-corrected chi connectivity index (χ3v) is 5.33. The van der Waals surface area contributed by atoms with Gasteiger partial charge in [-0.05, 0) is 41.8 Å². The molecule has 2 aromatic rings. The molecule has 0 aliphatic carbocycles. The number of hydrogen-bond donors (Lipinski definition) is 1. The fourth-order valence-corrected chi connectivity index (χ4v) is 3.95. The van der Waals surface area contributed by atoms with E-state index in [2.05, 4.69) is 16.3 Å². The molecule has 2 aromatic heterocycles. The molecule has 1 aliphatic rings. The zero-order valence-corrected chi connectivity index (χ0v) is 14.5. The van der Waals surface area contributed by atoms with Gasteiger partial charge in [0.1, 0.15) is 11.4 Å². The van der Waals surface area contributed by atoms with E-state index in [0.717, 1.165) is 28.5 Å². The Morgan fingerprint density at radius 2 is 2.08 bits per heavy atom. The largest absolute Gasteiger partial charge is 0.384 e. The number of likely N-dealkylation sites (tertiary alicyclic amines) is 1. The molecule has 0 radical (unpaired) electrons. The lowest BCUT2D eigenvalue weighted by Gasteiger charge is -2.23. The van der Waals surface area contributed by atoms with E-state index in [-0.39, 0.29) is 29.8 Å². The van der Waals surface area contributed by atoms with Gasteiger partial charge in [0.05, 0.1) is 6.54 Å². The molecule has 1 fully saturated rings. The average Bonchev–Trinajstić information content (AvgIpc) is 3.22. The minimum absolute atomic E-state index is 0.0700. The van der Waals surface area contributed by atoms with Gasteiger partial charge in [0.25, 0.3) is 5.56 Å². The van der Waals surface area contributed by atoms with Gasteiger partial charge in [-0.25, -0.2) is 4.79 Å². The Morgan fingerprint density at radius 1 is 1.33 bits per heavy atom. The van der Waals surface area contributed by atoms with Crippen LogP contribution < -0.4 is 17.0 Å². The summed E-state index contributed by atoms with van der Waals surface area (Å²) in [5.41, 5.74) is 5.80. The van der Waals surface area contributed by atoms with Gasteiger partial charge in [-0.2, -0.15) is 11.3 Å². The number of carbonyl (C=O) groups is 1. The zero-order valence-electron chi connectivity index (χ0n) is 13.7. The Kier molecular flexibility index (Phi) is 4.42. The number of ketones is 1. The van der Waals surface area contributed by atoms with Crippen LogP contribution in [-0.2, 0) is 14.1 Å². The summed E-state index contributed by atoms with van der Waals surface area (Å²) >= 11 is 1.63. The highest BCUT2D eigenvalue weighted by Gasteiger charge is 2.30. The van der Waals surface area contributed by atoms with Gasteiger partial charge in [-0.15, -0.1) is 0 Å². The van der Waals surface area contributed by atoms with Crippen molar-refractivity contribution in [2.24, 2.45) is 14.1 Å². The molecule has 0 bridgehead atoms. The number of nitrogen functional groups attached to an aromatic ring is 1. The first-order chi connectivity index (χ1) is 11.4. The summed E-state index contributed by atoms with van der Waals surface area (Å²) in [5.74, 6) is -0.412. The molecule has 3 rings (SSSR count). The first kappa shape index (κ1) is 16.7. The van der Waals surface area contributed by atoms with E-state index in [9.17, 15) is 14.4 Å². The average molecular weight is 348 g/mol. The third kappa shape index (κ3) is 2.71. The molecule has 8 heteroatoms. The summed E-state index contributed by atoms with van der Waals surface area (Å²) in [4.78, 5) is 39.0. The second-order valence-corrected chi connectivity index (χ2v) is 6.85. The van der Waals surface area contributed by atoms with Crippen molar-refractivity contribution < 1.29 is 4.79 Å². The minimum Gasteiger partial charge on any atom is -0.384 e.